The molecule has 0 spiro atoms. The van der Waals surface area contributed by atoms with E-state index in [-0.39, 0.29) is 6.04 Å². The summed E-state index contributed by atoms with van der Waals surface area (Å²) in [4.78, 5) is 20.5. The summed E-state index contributed by atoms with van der Waals surface area (Å²) in [6.45, 7) is 0. The third-order valence-electron chi connectivity index (χ3n) is 5.61. The topological polar surface area (TPSA) is 120 Å². The lowest BCUT2D eigenvalue weighted by atomic mass is 9.84. The molecule has 0 amide bonds. The van der Waals surface area contributed by atoms with Crippen LogP contribution in [0.1, 0.15) is 60.3 Å². The van der Waals surface area contributed by atoms with Crippen molar-refractivity contribution in [2.75, 3.05) is 5.73 Å². The van der Waals surface area contributed by atoms with Crippen molar-refractivity contribution in [1.29, 1.82) is 0 Å². The molecule has 0 bridgehead atoms. The average Bonchev–Trinajstić information content (AvgIpc) is 3.41. The minimum atomic E-state index is -0.905. The van der Waals surface area contributed by atoms with Crippen molar-refractivity contribution in [3.63, 3.8) is 0 Å². The molecule has 3 aromatic heterocycles. The highest BCUT2D eigenvalue weighted by Gasteiger charge is 2.30. The van der Waals surface area contributed by atoms with Crippen LogP contribution >= 0.6 is 11.3 Å². The summed E-state index contributed by atoms with van der Waals surface area (Å²) < 4.78 is 2.03. The molecule has 0 aromatic carbocycles. The summed E-state index contributed by atoms with van der Waals surface area (Å²) in [6, 6.07) is 3.54. The van der Waals surface area contributed by atoms with E-state index in [0.717, 1.165) is 23.4 Å². The van der Waals surface area contributed by atoms with Gasteiger partial charge in [0.2, 0.25) is 0 Å². The largest absolute Gasteiger partial charge is 0.481 e. The van der Waals surface area contributed by atoms with E-state index in [4.69, 9.17) is 5.73 Å². The fourth-order valence-corrected chi connectivity index (χ4v) is 4.88. The monoisotopic (exact) mass is 412 g/mol. The van der Waals surface area contributed by atoms with E-state index in [9.17, 15) is 9.90 Å². The van der Waals surface area contributed by atoms with Gasteiger partial charge in [0.25, 0.3) is 0 Å². The maximum absolute atomic E-state index is 12.0. The van der Waals surface area contributed by atoms with Gasteiger partial charge in [0.15, 0.2) is 0 Å². The van der Waals surface area contributed by atoms with E-state index in [1.807, 2.05) is 10.8 Å². The Morgan fingerprint density at radius 3 is 2.76 bits per heavy atom. The first-order chi connectivity index (χ1) is 14.1. The normalized spacial score (nSPS) is 17.1. The van der Waals surface area contributed by atoms with Crippen LogP contribution in [0.4, 0.5) is 5.82 Å². The number of pyridine rings is 1. The lowest BCUT2D eigenvalue weighted by Crippen LogP contribution is -2.22. The SMILES string of the molecule is Nc1ccc(CC(C(=O)O)c2cn(C(c3nncs3)C3CCCCC3)cn2)cn1. The fraction of sp³-hybridized carbons (Fsp3) is 0.450. The van der Waals surface area contributed by atoms with Crippen molar-refractivity contribution in [1.82, 2.24) is 24.7 Å². The predicted octanol–water partition coefficient (Wildman–Crippen LogP) is 3.29. The molecule has 1 fully saturated rings. The maximum Gasteiger partial charge on any atom is 0.312 e. The molecule has 3 aromatic rings. The number of carbonyl (C=O) groups is 1. The number of nitrogens with two attached hydrogens (primary N) is 1. The summed E-state index contributed by atoms with van der Waals surface area (Å²) >= 11 is 1.54. The number of nitrogens with zero attached hydrogens (tertiary/aromatic N) is 5. The van der Waals surface area contributed by atoms with Crippen LogP contribution in [-0.4, -0.2) is 35.8 Å². The highest BCUT2D eigenvalue weighted by atomic mass is 32.1. The van der Waals surface area contributed by atoms with E-state index in [2.05, 4.69) is 20.2 Å². The van der Waals surface area contributed by atoms with Crippen molar-refractivity contribution in [2.45, 2.75) is 50.5 Å². The molecular weight excluding hydrogens is 388 g/mol. The van der Waals surface area contributed by atoms with Gasteiger partial charge in [-0.25, -0.2) is 9.97 Å². The van der Waals surface area contributed by atoms with Gasteiger partial charge in [0, 0.05) is 12.4 Å². The first kappa shape index (κ1) is 19.5. The van der Waals surface area contributed by atoms with Gasteiger partial charge in [-0.15, -0.1) is 21.5 Å². The molecule has 152 valence electrons. The Balaban J connectivity index is 1.61. The van der Waals surface area contributed by atoms with Gasteiger partial charge >= 0.3 is 5.97 Å². The zero-order valence-corrected chi connectivity index (χ0v) is 16.8. The number of aromatic nitrogens is 5. The quantitative estimate of drug-likeness (QED) is 0.611. The first-order valence-corrected chi connectivity index (χ1v) is 10.7. The summed E-state index contributed by atoms with van der Waals surface area (Å²) in [7, 11) is 0. The van der Waals surface area contributed by atoms with E-state index in [1.54, 1.807) is 41.5 Å². The zero-order chi connectivity index (χ0) is 20.2. The number of hydrogen-bond acceptors (Lipinski definition) is 7. The molecule has 2 unspecified atom stereocenters. The molecular formula is C20H24N6O2S. The first-order valence-electron chi connectivity index (χ1n) is 9.84. The average molecular weight is 413 g/mol. The van der Waals surface area contributed by atoms with E-state index in [1.165, 1.54) is 19.3 Å². The minimum Gasteiger partial charge on any atom is -0.481 e. The van der Waals surface area contributed by atoms with Crippen LogP contribution in [0.5, 0.6) is 0 Å². The van der Waals surface area contributed by atoms with Crippen molar-refractivity contribution in [3.05, 3.63) is 52.6 Å². The van der Waals surface area contributed by atoms with E-state index in [0.29, 0.717) is 23.9 Å². The van der Waals surface area contributed by atoms with Crippen LogP contribution < -0.4 is 5.73 Å². The summed E-state index contributed by atoms with van der Waals surface area (Å²) in [5.41, 5.74) is 8.73. The number of aliphatic carboxylic acids is 1. The second kappa shape index (κ2) is 8.69. The Morgan fingerprint density at radius 2 is 2.10 bits per heavy atom. The van der Waals surface area contributed by atoms with Crippen molar-refractivity contribution >= 4 is 23.1 Å². The van der Waals surface area contributed by atoms with Crippen molar-refractivity contribution < 1.29 is 9.90 Å². The Kier molecular flexibility index (Phi) is 5.84. The Morgan fingerprint density at radius 1 is 1.28 bits per heavy atom. The Labute approximate surface area is 172 Å². The van der Waals surface area contributed by atoms with Crippen LogP contribution in [0.25, 0.3) is 0 Å². The minimum absolute atomic E-state index is 0.0525. The maximum atomic E-state index is 12.0. The Bertz CT molecular complexity index is 934. The number of anilines is 1. The van der Waals surface area contributed by atoms with E-state index >= 15 is 0 Å². The predicted molar refractivity (Wildman–Crippen MR) is 110 cm³/mol. The molecule has 3 heterocycles. The summed E-state index contributed by atoms with van der Waals surface area (Å²) in [5, 5.41) is 19.1. The van der Waals surface area contributed by atoms with Gasteiger partial charge in [-0.1, -0.05) is 25.3 Å². The second-order valence-electron chi connectivity index (χ2n) is 7.55. The second-order valence-corrected chi connectivity index (χ2v) is 8.42. The molecule has 9 heteroatoms. The Hall–Kier alpha value is -2.81. The van der Waals surface area contributed by atoms with Crippen LogP contribution in [0.15, 0.2) is 36.4 Å². The van der Waals surface area contributed by atoms with Crippen molar-refractivity contribution in [2.24, 2.45) is 5.92 Å². The molecule has 4 rings (SSSR count). The van der Waals surface area contributed by atoms with Crippen LogP contribution in [0, 0.1) is 5.92 Å². The lowest BCUT2D eigenvalue weighted by molar-refractivity contribution is -0.138. The number of carboxylic acid groups (broad SMARTS) is 1. The standard InChI is InChI=1S/C20H24N6O2S/c21-17-7-6-13(9-22-17)8-15(20(27)28)16-10-26(11-23-16)18(19-25-24-12-29-19)14-4-2-1-3-5-14/h6-7,9-12,14-15,18H,1-5,8H2,(H2,21,22)(H,27,28). The molecule has 1 aliphatic rings. The molecule has 8 nitrogen and oxygen atoms in total. The number of carboxylic acids is 1. The molecule has 29 heavy (non-hydrogen) atoms. The highest BCUT2D eigenvalue weighted by molar-refractivity contribution is 7.09. The van der Waals surface area contributed by atoms with Gasteiger partial charge in [-0.2, -0.15) is 0 Å². The molecule has 3 N–H and O–H groups in total. The third kappa shape index (κ3) is 4.45. The molecule has 0 saturated heterocycles. The van der Waals surface area contributed by atoms with Gasteiger partial charge in [-0.3, -0.25) is 4.79 Å². The van der Waals surface area contributed by atoms with Gasteiger partial charge in [0.1, 0.15) is 22.3 Å². The van der Waals surface area contributed by atoms with Gasteiger partial charge in [0.05, 0.1) is 18.1 Å². The number of nitrogen functional groups attached to an aromatic ring is 1. The van der Waals surface area contributed by atoms with Gasteiger partial charge in [-0.05, 0) is 36.8 Å². The molecule has 2 atom stereocenters. The number of imidazole rings is 1. The lowest BCUT2D eigenvalue weighted by Gasteiger charge is -2.29. The fourth-order valence-electron chi connectivity index (χ4n) is 4.13. The molecule has 1 aliphatic carbocycles. The van der Waals surface area contributed by atoms with Crippen LogP contribution in [0.3, 0.4) is 0 Å². The smallest absolute Gasteiger partial charge is 0.312 e. The molecule has 0 aliphatic heterocycles. The summed E-state index contributed by atoms with van der Waals surface area (Å²) in [5.74, 6) is -0.777. The number of rotatable bonds is 7. The van der Waals surface area contributed by atoms with E-state index < -0.39 is 11.9 Å². The van der Waals surface area contributed by atoms with Gasteiger partial charge < -0.3 is 15.4 Å². The van der Waals surface area contributed by atoms with Crippen molar-refractivity contribution in [3.8, 4) is 0 Å². The third-order valence-corrected chi connectivity index (χ3v) is 6.38. The highest BCUT2D eigenvalue weighted by Crippen LogP contribution is 2.38. The van der Waals surface area contributed by atoms with Crippen LogP contribution in [-0.2, 0) is 11.2 Å². The summed E-state index contributed by atoms with van der Waals surface area (Å²) in [6.07, 6.45) is 11.5. The number of hydrogen-bond donors (Lipinski definition) is 2. The molecule has 1 saturated carbocycles. The van der Waals surface area contributed by atoms with Crippen LogP contribution in [0.2, 0.25) is 0 Å². The zero-order valence-electron chi connectivity index (χ0n) is 16.0. The molecule has 0 radical (unpaired) electrons.